The third-order valence-corrected chi connectivity index (χ3v) is 3.60. The number of nitrogens with one attached hydrogen (secondary N) is 1. The molecule has 1 saturated heterocycles. The summed E-state index contributed by atoms with van der Waals surface area (Å²) in [4.78, 5) is 2.46. The predicted octanol–water partition coefficient (Wildman–Crippen LogP) is 2.16. The highest BCUT2D eigenvalue weighted by atomic mass is 16.5. The van der Waals surface area contributed by atoms with Crippen molar-refractivity contribution in [1.29, 1.82) is 5.26 Å². The number of hydrogen-bond donors (Lipinski definition) is 1. The summed E-state index contributed by atoms with van der Waals surface area (Å²) < 4.78 is 5.90. The van der Waals surface area contributed by atoms with Gasteiger partial charge in [-0.05, 0) is 53.6 Å². The highest BCUT2D eigenvalue weighted by Crippen LogP contribution is 2.21. The Labute approximate surface area is 118 Å². The first-order valence-electron chi connectivity index (χ1n) is 7.37. The van der Waals surface area contributed by atoms with Crippen molar-refractivity contribution in [2.45, 2.75) is 64.7 Å². The molecule has 1 heterocycles. The summed E-state index contributed by atoms with van der Waals surface area (Å²) in [5.74, 6) is 0. The van der Waals surface area contributed by atoms with Gasteiger partial charge in [0.1, 0.15) is 5.54 Å². The Morgan fingerprint density at radius 1 is 1.53 bits per heavy atom. The van der Waals surface area contributed by atoms with E-state index in [0.29, 0.717) is 6.10 Å². The van der Waals surface area contributed by atoms with Crippen molar-refractivity contribution in [2.75, 3.05) is 26.2 Å². The Morgan fingerprint density at radius 3 is 2.74 bits per heavy atom. The molecule has 0 bridgehead atoms. The molecular formula is C15H29N3O. The highest BCUT2D eigenvalue weighted by Gasteiger charge is 2.31. The molecule has 1 fully saturated rings. The monoisotopic (exact) mass is 267 g/mol. The molecule has 0 aliphatic carbocycles. The molecule has 0 amide bonds. The molecule has 0 saturated carbocycles. The van der Waals surface area contributed by atoms with Crippen LogP contribution in [0.5, 0.6) is 0 Å². The third-order valence-electron chi connectivity index (χ3n) is 3.60. The van der Waals surface area contributed by atoms with Crippen LogP contribution in [0.1, 0.15) is 47.5 Å². The van der Waals surface area contributed by atoms with Crippen LogP contribution in [0.3, 0.4) is 0 Å². The van der Waals surface area contributed by atoms with Crippen LogP contribution < -0.4 is 5.32 Å². The summed E-state index contributed by atoms with van der Waals surface area (Å²) >= 11 is 0. The van der Waals surface area contributed by atoms with Crippen molar-refractivity contribution in [3.8, 4) is 6.07 Å². The Kier molecular flexibility index (Phi) is 5.79. The minimum atomic E-state index is -0.387. The van der Waals surface area contributed by atoms with Gasteiger partial charge in [-0.15, -0.1) is 0 Å². The summed E-state index contributed by atoms with van der Waals surface area (Å²) in [5.41, 5.74) is -0.444. The molecule has 4 heteroatoms. The average molecular weight is 267 g/mol. The van der Waals surface area contributed by atoms with E-state index in [-0.39, 0.29) is 11.1 Å². The maximum atomic E-state index is 9.23. The smallest absolute Gasteiger partial charge is 0.103 e. The first kappa shape index (κ1) is 16.4. The molecule has 1 rings (SSSR count). The zero-order chi connectivity index (χ0) is 14.5. The molecule has 110 valence electrons. The zero-order valence-corrected chi connectivity index (χ0v) is 13.1. The van der Waals surface area contributed by atoms with Gasteiger partial charge in [-0.25, -0.2) is 0 Å². The van der Waals surface area contributed by atoms with Crippen molar-refractivity contribution in [3.05, 3.63) is 0 Å². The van der Waals surface area contributed by atoms with Crippen LogP contribution in [-0.2, 0) is 4.74 Å². The normalized spacial score (nSPS) is 26.6. The molecule has 2 atom stereocenters. The number of hydrogen-bond acceptors (Lipinski definition) is 4. The van der Waals surface area contributed by atoms with Crippen molar-refractivity contribution < 1.29 is 4.74 Å². The quantitative estimate of drug-likeness (QED) is 0.801. The van der Waals surface area contributed by atoms with Gasteiger partial charge >= 0.3 is 0 Å². The standard InChI is InChI=1S/C15H29N3O/c1-6-17-15(5,11-16)8-7-9-18-10-13(2)19-14(3,4)12-18/h13,17H,6-10,12H2,1-5H3. The molecule has 2 unspecified atom stereocenters. The highest BCUT2D eigenvalue weighted by molar-refractivity contribution is 5.03. The van der Waals surface area contributed by atoms with Crippen LogP contribution >= 0.6 is 0 Å². The van der Waals surface area contributed by atoms with E-state index in [1.807, 2.05) is 13.8 Å². The second-order valence-electron chi connectivity index (χ2n) is 6.50. The van der Waals surface area contributed by atoms with Crippen LogP contribution in [0, 0.1) is 11.3 Å². The predicted molar refractivity (Wildman–Crippen MR) is 78.0 cm³/mol. The first-order chi connectivity index (χ1) is 8.80. The third kappa shape index (κ3) is 5.48. The van der Waals surface area contributed by atoms with Crippen molar-refractivity contribution in [1.82, 2.24) is 10.2 Å². The van der Waals surface area contributed by atoms with Crippen LogP contribution in [0.2, 0.25) is 0 Å². The van der Waals surface area contributed by atoms with Gasteiger partial charge in [0.2, 0.25) is 0 Å². The molecule has 1 aliphatic rings. The van der Waals surface area contributed by atoms with E-state index in [1.165, 1.54) is 0 Å². The summed E-state index contributed by atoms with van der Waals surface area (Å²) in [6.07, 6.45) is 2.23. The Balaban J connectivity index is 2.38. The van der Waals surface area contributed by atoms with Gasteiger partial charge in [-0.1, -0.05) is 6.92 Å². The van der Waals surface area contributed by atoms with E-state index in [9.17, 15) is 5.26 Å². The van der Waals surface area contributed by atoms with Crippen LogP contribution in [0.4, 0.5) is 0 Å². The second-order valence-corrected chi connectivity index (χ2v) is 6.50. The summed E-state index contributed by atoms with van der Waals surface area (Å²) in [7, 11) is 0. The van der Waals surface area contributed by atoms with Gasteiger partial charge in [-0.3, -0.25) is 10.2 Å². The number of ether oxygens (including phenoxy) is 1. The van der Waals surface area contributed by atoms with E-state index in [1.54, 1.807) is 0 Å². The fourth-order valence-corrected chi connectivity index (χ4v) is 2.99. The van der Waals surface area contributed by atoms with E-state index >= 15 is 0 Å². The van der Waals surface area contributed by atoms with E-state index in [2.05, 4.69) is 37.1 Å². The first-order valence-corrected chi connectivity index (χ1v) is 7.37. The summed E-state index contributed by atoms with van der Waals surface area (Å²) in [5, 5.41) is 12.5. The SMILES string of the molecule is CCNC(C)(C#N)CCCN1CC(C)OC(C)(C)C1. The van der Waals surface area contributed by atoms with Gasteiger partial charge < -0.3 is 4.74 Å². The molecule has 0 spiro atoms. The lowest BCUT2D eigenvalue weighted by Crippen LogP contribution is -2.52. The molecule has 4 nitrogen and oxygen atoms in total. The molecule has 0 radical (unpaired) electrons. The van der Waals surface area contributed by atoms with Crippen LogP contribution in [-0.4, -0.2) is 48.3 Å². The van der Waals surface area contributed by atoms with E-state index in [0.717, 1.165) is 39.0 Å². The molecule has 19 heavy (non-hydrogen) atoms. The lowest BCUT2D eigenvalue weighted by Gasteiger charge is -2.42. The van der Waals surface area contributed by atoms with Crippen LogP contribution in [0.25, 0.3) is 0 Å². The largest absolute Gasteiger partial charge is 0.370 e. The minimum absolute atomic E-state index is 0.0577. The fraction of sp³-hybridized carbons (Fsp3) is 0.933. The van der Waals surface area contributed by atoms with E-state index in [4.69, 9.17) is 4.74 Å². The Bertz CT molecular complexity index is 324. The van der Waals surface area contributed by atoms with E-state index < -0.39 is 0 Å². The molecule has 0 aromatic rings. The fourth-order valence-electron chi connectivity index (χ4n) is 2.99. The molecule has 1 aliphatic heterocycles. The maximum Gasteiger partial charge on any atom is 0.103 e. The molecule has 0 aromatic heterocycles. The number of nitriles is 1. The lowest BCUT2D eigenvalue weighted by atomic mass is 9.97. The van der Waals surface area contributed by atoms with Gasteiger partial charge in [0.05, 0.1) is 17.8 Å². The van der Waals surface area contributed by atoms with Crippen molar-refractivity contribution in [3.63, 3.8) is 0 Å². The van der Waals surface area contributed by atoms with Crippen molar-refractivity contribution in [2.24, 2.45) is 0 Å². The lowest BCUT2D eigenvalue weighted by molar-refractivity contribution is -0.128. The van der Waals surface area contributed by atoms with Gasteiger partial charge in [0, 0.05) is 13.1 Å². The molecular weight excluding hydrogens is 238 g/mol. The summed E-state index contributed by atoms with van der Waals surface area (Å²) in [6.45, 7) is 14.3. The van der Waals surface area contributed by atoms with Crippen molar-refractivity contribution >= 4 is 0 Å². The number of morpholine rings is 1. The topological polar surface area (TPSA) is 48.3 Å². The Morgan fingerprint density at radius 2 is 2.21 bits per heavy atom. The maximum absolute atomic E-state index is 9.23. The second kappa shape index (κ2) is 6.69. The Hall–Kier alpha value is -0.630. The number of rotatable bonds is 6. The average Bonchev–Trinajstić information content (AvgIpc) is 2.26. The van der Waals surface area contributed by atoms with Crippen LogP contribution in [0.15, 0.2) is 0 Å². The van der Waals surface area contributed by atoms with Gasteiger partial charge in [-0.2, -0.15) is 5.26 Å². The molecule has 0 aromatic carbocycles. The van der Waals surface area contributed by atoms with Gasteiger partial charge in [0.25, 0.3) is 0 Å². The van der Waals surface area contributed by atoms with Gasteiger partial charge in [0.15, 0.2) is 0 Å². The number of nitrogens with zero attached hydrogens (tertiary/aromatic N) is 2. The minimum Gasteiger partial charge on any atom is -0.370 e. The summed E-state index contributed by atoms with van der Waals surface area (Å²) in [6, 6.07) is 2.39. The zero-order valence-electron chi connectivity index (χ0n) is 13.1. The molecule has 1 N–H and O–H groups in total.